The predicted octanol–water partition coefficient (Wildman–Crippen LogP) is 6.33. The number of halogens is 1. The standard InChI is InChI=1S/C32H32ClN7O/c1-22-5-6-24(20-34-22)21-35-23(2)25-7-13-28(14-8-25)36-31-37-30-29(4-3-17-40(30)38-31)39-18-15-32(41,16-19-39)26-9-11-27(33)12-10-26/h3-14,17,20,41H,15-16,18-19,21H2,1-2H3,(H,36,38). The molecule has 5 aromatic rings. The lowest BCUT2D eigenvalue weighted by atomic mass is 9.84. The van der Waals surface area contributed by atoms with Gasteiger partial charge in [0, 0.05) is 47.6 Å². The summed E-state index contributed by atoms with van der Waals surface area (Å²) in [5.74, 6) is 0.525. The van der Waals surface area contributed by atoms with E-state index in [2.05, 4.69) is 32.4 Å². The lowest BCUT2D eigenvalue weighted by Crippen LogP contribution is -2.42. The van der Waals surface area contributed by atoms with E-state index in [1.54, 1.807) is 4.52 Å². The van der Waals surface area contributed by atoms with Crippen molar-refractivity contribution in [3.8, 4) is 0 Å². The fourth-order valence-electron chi connectivity index (χ4n) is 5.18. The van der Waals surface area contributed by atoms with Crippen molar-refractivity contribution < 1.29 is 5.11 Å². The van der Waals surface area contributed by atoms with Gasteiger partial charge in [-0.05, 0) is 85.8 Å². The summed E-state index contributed by atoms with van der Waals surface area (Å²) in [6.45, 7) is 6.01. The molecule has 3 aromatic heterocycles. The summed E-state index contributed by atoms with van der Waals surface area (Å²) < 4.78 is 1.79. The van der Waals surface area contributed by atoms with E-state index in [0.717, 1.165) is 45.1 Å². The van der Waals surface area contributed by atoms with Crippen LogP contribution < -0.4 is 10.2 Å². The minimum Gasteiger partial charge on any atom is -0.385 e. The van der Waals surface area contributed by atoms with Gasteiger partial charge in [-0.2, -0.15) is 4.98 Å². The van der Waals surface area contributed by atoms with Crippen LogP contribution in [0, 0.1) is 6.92 Å². The average molecular weight is 566 g/mol. The smallest absolute Gasteiger partial charge is 0.247 e. The number of rotatable bonds is 7. The Labute approximate surface area is 244 Å². The van der Waals surface area contributed by atoms with Crippen molar-refractivity contribution in [2.45, 2.75) is 38.8 Å². The van der Waals surface area contributed by atoms with Crippen LogP contribution in [0.3, 0.4) is 0 Å². The normalized spacial score (nSPS) is 15.3. The second-order valence-electron chi connectivity index (χ2n) is 10.5. The van der Waals surface area contributed by atoms with Gasteiger partial charge in [0.25, 0.3) is 0 Å². The molecule has 0 aliphatic carbocycles. The van der Waals surface area contributed by atoms with Gasteiger partial charge in [0.15, 0.2) is 5.65 Å². The number of benzene rings is 2. The lowest BCUT2D eigenvalue weighted by molar-refractivity contribution is 0.0118. The second kappa shape index (κ2) is 11.3. The van der Waals surface area contributed by atoms with Crippen molar-refractivity contribution in [1.29, 1.82) is 0 Å². The summed E-state index contributed by atoms with van der Waals surface area (Å²) in [7, 11) is 0. The highest BCUT2D eigenvalue weighted by Crippen LogP contribution is 2.36. The molecule has 8 nitrogen and oxygen atoms in total. The molecule has 0 atom stereocenters. The van der Waals surface area contributed by atoms with Gasteiger partial charge < -0.3 is 15.3 Å². The highest BCUT2D eigenvalue weighted by atomic mass is 35.5. The quantitative estimate of drug-likeness (QED) is 0.224. The van der Waals surface area contributed by atoms with Crippen LogP contribution in [-0.2, 0) is 12.1 Å². The van der Waals surface area contributed by atoms with E-state index in [1.807, 2.05) is 86.9 Å². The minimum absolute atomic E-state index is 0.525. The predicted molar refractivity (Wildman–Crippen MR) is 164 cm³/mol. The van der Waals surface area contributed by atoms with E-state index >= 15 is 0 Å². The van der Waals surface area contributed by atoms with Gasteiger partial charge in [0.1, 0.15) is 0 Å². The monoisotopic (exact) mass is 565 g/mol. The fraction of sp³-hybridized carbons (Fsp3) is 0.250. The maximum absolute atomic E-state index is 11.3. The molecular formula is C32H32ClN7O. The molecular weight excluding hydrogens is 534 g/mol. The zero-order chi connectivity index (χ0) is 28.4. The number of aryl methyl sites for hydroxylation is 1. The summed E-state index contributed by atoms with van der Waals surface area (Å²) in [4.78, 5) is 16.1. The van der Waals surface area contributed by atoms with Crippen LogP contribution in [0.25, 0.3) is 5.65 Å². The number of pyridine rings is 2. The Morgan fingerprint density at radius 2 is 1.78 bits per heavy atom. The number of piperidine rings is 1. The van der Waals surface area contributed by atoms with Crippen LogP contribution >= 0.6 is 11.6 Å². The molecule has 0 saturated carbocycles. The van der Waals surface area contributed by atoms with Crippen LogP contribution in [0.1, 0.15) is 42.1 Å². The van der Waals surface area contributed by atoms with Crippen LogP contribution in [0.4, 0.5) is 17.3 Å². The van der Waals surface area contributed by atoms with Crippen LogP contribution in [0.15, 0.2) is 90.2 Å². The van der Waals surface area contributed by atoms with Crippen molar-refractivity contribution in [3.05, 3.63) is 113 Å². The first-order chi connectivity index (χ1) is 19.9. The van der Waals surface area contributed by atoms with Crippen molar-refractivity contribution in [3.63, 3.8) is 0 Å². The van der Waals surface area contributed by atoms with E-state index in [-0.39, 0.29) is 0 Å². The summed E-state index contributed by atoms with van der Waals surface area (Å²) in [6.07, 6.45) is 5.01. The Morgan fingerprint density at radius 3 is 2.49 bits per heavy atom. The van der Waals surface area contributed by atoms with Gasteiger partial charge in [0.05, 0.1) is 17.8 Å². The van der Waals surface area contributed by atoms with Gasteiger partial charge in [0.2, 0.25) is 5.95 Å². The molecule has 0 amide bonds. The number of anilines is 3. The van der Waals surface area contributed by atoms with Crippen molar-refractivity contribution in [2.24, 2.45) is 4.99 Å². The molecule has 2 N–H and O–H groups in total. The molecule has 41 heavy (non-hydrogen) atoms. The van der Waals surface area contributed by atoms with E-state index in [1.165, 1.54) is 0 Å². The minimum atomic E-state index is -0.861. The van der Waals surface area contributed by atoms with Crippen molar-refractivity contribution in [1.82, 2.24) is 19.6 Å². The van der Waals surface area contributed by atoms with E-state index < -0.39 is 5.60 Å². The van der Waals surface area contributed by atoms with Gasteiger partial charge in [-0.3, -0.25) is 9.98 Å². The zero-order valence-electron chi connectivity index (χ0n) is 23.1. The summed E-state index contributed by atoms with van der Waals surface area (Å²) >= 11 is 6.04. The van der Waals surface area contributed by atoms with Gasteiger partial charge in [-0.1, -0.05) is 41.9 Å². The third-order valence-electron chi connectivity index (χ3n) is 7.68. The van der Waals surface area contributed by atoms with Gasteiger partial charge >= 0.3 is 0 Å². The highest BCUT2D eigenvalue weighted by Gasteiger charge is 2.34. The number of fused-ring (bicyclic) bond motifs is 1. The number of hydrogen-bond donors (Lipinski definition) is 2. The van der Waals surface area contributed by atoms with Crippen molar-refractivity contribution >= 4 is 40.3 Å². The van der Waals surface area contributed by atoms with E-state index in [4.69, 9.17) is 21.6 Å². The summed E-state index contributed by atoms with van der Waals surface area (Å²) in [5.41, 5.74) is 6.84. The Morgan fingerprint density at radius 1 is 1.02 bits per heavy atom. The van der Waals surface area contributed by atoms with Crippen LogP contribution in [-0.4, -0.2) is 43.5 Å². The molecule has 0 spiro atoms. The lowest BCUT2D eigenvalue weighted by Gasteiger charge is -2.39. The molecule has 0 radical (unpaired) electrons. The number of aliphatic imine (C=N–C) groups is 1. The summed E-state index contributed by atoms with van der Waals surface area (Å²) in [6, 6.07) is 23.7. The average Bonchev–Trinajstić information content (AvgIpc) is 3.40. The maximum atomic E-state index is 11.3. The number of hydrogen-bond acceptors (Lipinski definition) is 7. The molecule has 0 unspecified atom stereocenters. The topological polar surface area (TPSA) is 90.9 Å². The third kappa shape index (κ3) is 5.94. The highest BCUT2D eigenvalue weighted by molar-refractivity contribution is 6.30. The number of nitrogens with zero attached hydrogens (tertiary/aromatic N) is 6. The maximum Gasteiger partial charge on any atom is 0.247 e. The number of nitrogens with one attached hydrogen (secondary N) is 1. The first-order valence-electron chi connectivity index (χ1n) is 13.8. The molecule has 2 aromatic carbocycles. The van der Waals surface area contributed by atoms with Crippen LogP contribution in [0.2, 0.25) is 5.02 Å². The Balaban J connectivity index is 1.13. The number of aliphatic hydroxyl groups is 1. The van der Waals surface area contributed by atoms with Crippen molar-refractivity contribution in [2.75, 3.05) is 23.3 Å². The molecule has 0 bridgehead atoms. The number of aromatic nitrogens is 4. The van der Waals surface area contributed by atoms with Gasteiger partial charge in [-0.25, -0.2) is 4.52 Å². The largest absolute Gasteiger partial charge is 0.385 e. The SMILES string of the molecule is CC(=NCc1ccc(C)nc1)c1ccc(Nc2nc3c(N4CCC(O)(c5ccc(Cl)cc5)CC4)cccn3n2)cc1. The molecule has 4 heterocycles. The Hall–Kier alpha value is -4.27. The molecule has 9 heteroatoms. The molecule has 208 valence electrons. The zero-order valence-corrected chi connectivity index (χ0v) is 23.9. The summed E-state index contributed by atoms with van der Waals surface area (Å²) in [5, 5.41) is 20.0. The van der Waals surface area contributed by atoms with E-state index in [9.17, 15) is 5.11 Å². The Kier molecular flexibility index (Phi) is 7.43. The molecule has 6 rings (SSSR count). The second-order valence-corrected chi connectivity index (χ2v) is 11.0. The van der Waals surface area contributed by atoms with Crippen LogP contribution in [0.5, 0.6) is 0 Å². The first-order valence-corrected chi connectivity index (χ1v) is 14.1. The Bertz CT molecular complexity index is 1670. The molecule has 1 aliphatic rings. The molecule has 1 saturated heterocycles. The first kappa shape index (κ1) is 26.9. The van der Waals surface area contributed by atoms with E-state index in [0.29, 0.717) is 43.4 Å². The molecule has 1 aliphatic heterocycles. The third-order valence-corrected chi connectivity index (χ3v) is 7.94. The fourth-order valence-corrected chi connectivity index (χ4v) is 5.30. The molecule has 1 fully saturated rings. The van der Waals surface area contributed by atoms with Gasteiger partial charge in [-0.15, -0.1) is 5.10 Å².